The van der Waals surface area contributed by atoms with Gasteiger partial charge in [0, 0.05) is 18.7 Å². The molecule has 6 heteroatoms. The van der Waals surface area contributed by atoms with Gasteiger partial charge < -0.3 is 9.64 Å². The Morgan fingerprint density at radius 2 is 1.74 bits per heavy atom. The van der Waals surface area contributed by atoms with Gasteiger partial charge in [0.1, 0.15) is 5.75 Å². The lowest BCUT2D eigenvalue weighted by Crippen LogP contribution is -2.36. The van der Waals surface area contributed by atoms with Crippen LogP contribution in [0.15, 0.2) is 36.4 Å². The molecule has 0 radical (unpaired) electrons. The summed E-state index contributed by atoms with van der Waals surface area (Å²) < 4.78 is 6.90. The van der Waals surface area contributed by atoms with E-state index in [1.165, 1.54) is 24.0 Å². The van der Waals surface area contributed by atoms with Gasteiger partial charge in [-0.2, -0.15) is 0 Å². The summed E-state index contributed by atoms with van der Waals surface area (Å²) >= 11 is 1.57. The number of thiazole rings is 1. The zero-order valence-electron chi connectivity index (χ0n) is 19.3. The van der Waals surface area contributed by atoms with Gasteiger partial charge in [0.15, 0.2) is 5.13 Å². The van der Waals surface area contributed by atoms with Crippen LogP contribution in [0.3, 0.4) is 0 Å². The predicted molar refractivity (Wildman–Crippen MR) is 131 cm³/mol. The van der Waals surface area contributed by atoms with E-state index in [1.807, 2.05) is 38.4 Å². The van der Waals surface area contributed by atoms with Crippen LogP contribution in [-0.2, 0) is 0 Å². The number of likely N-dealkylation sites (N-methyl/N-ethyl adjacent to an activating group) is 1. The monoisotopic (exact) mass is 439 g/mol. The highest BCUT2D eigenvalue weighted by atomic mass is 32.1. The highest BCUT2D eigenvalue weighted by Gasteiger charge is 2.21. The molecule has 0 unspecified atom stereocenters. The first-order valence-electron chi connectivity index (χ1n) is 11.0. The molecule has 3 aromatic rings. The van der Waals surface area contributed by atoms with Gasteiger partial charge in [-0.3, -0.25) is 9.69 Å². The van der Waals surface area contributed by atoms with Crippen molar-refractivity contribution in [3.63, 3.8) is 0 Å². The van der Waals surface area contributed by atoms with Crippen LogP contribution in [0.2, 0.25) is 0 Å². The number of benzene rings is 2. The number of ether oxygens (including phenoxy) is 1. The maximum atomic E-state index is 13.4. The molecule has 0 aliphatic rings. The highest BCUT2D eigenvalue weighted by Crippen LogP contribution is 2.31. The van der Waals surface area contributed by atoms with Crippen LogP contribution >= 0.6 is 11.3 Å². The lowest BCUT2D eigenvalue weighted by atomic mass is 10.1. The molecule has 0 aliphatic carbocycles. The Balaban J connectivity index is 1.82. The molecule has 1 aromatic heterocycles. The van der Waals surface area contributed by atoms with Gasteiger partial charge in [0.05, 0.1) is 16.8 Å². The molecule has 166 valence electrons. The molecule has 3 rings (SSSR count). The molecule has 5 nitrogen and oxygen atoms in total. The zero-order chi connectivity index (χ0) is 22.4. The first kappa shape index (κ1) is 23.2. The fourth-order valence-corrected chi connectivity index (χ4v) is 4.33. The van der Waals surface area contributed by atoms with Crippen LogP contribution in [0, 0.1) is 13.8 Å². The zero-order valence-corrected chi connectivity index (χ0v) is 20.1. The summed E-state index contributed by atoms with van der Waals surface area (Å²) in [6.07, 6.45) is 3.38. The van der Waals surface area contributed by atoms with Crippen LogP contribution in [-0.4, -0.2) is 49.6 Å². The van der Waals surface area contributed by atoms with E-state index in [1.54, 1.807) is 16.2 Å². The van der Waals surface area contributed by atoms with E-state index in [-0.39, 0.29) is 5.91 Å². The fraction of sp³-hybridized carbons (Fsp3) is 0.440. The topological polar surface area (TPSA) is 45.7 Å². The molecule has 0 bridgehead atoms. The van der Waals surface area contributed by atoms with E-state index < -0.39 is 0 Å². The summed E-state index contributed by atoms with van der Waals surface area (Å²) in [6, 6.07) is 11.7. The van der Waals surface area contributed by atoms with E-state index in [4.69, 9.17) is 9.72 Å². The number of unbranched alkanes of at least 4 members (excludes halogenated alkanes) is 2. The molecular weight excluding hydrogens is 406 g/mol. The average Bonchev–Trinajstić information content (AvgIpc) is 3.14. The Morgan fingerprint density at radius 3 is 2.42 bits per heavy atom. The average molecular weight is 440 g/mol. The van der Waals surface area contributed by atoms with Gasteiger partial charge in [-0.1, -0.05) is 31.1 Å². The Bertz CT molecular complexity index is 973. The van der Waals surface area contributed by atoms with Crippen LogP contribution < -0.4 is 9.64 Å². The molecule has 0 aliphatic heterocycles. The van der Waals surface area contributed by atoms with Crippen molar-refractivity contribution in [3.8, 4) is 5.75 Å². The number of hydrogen-bond donors (Lipinski definition) is 0. The third-order valence-corrected chi connectivity index (χ3v) is 6.40. The van der Waals surface area contributed by atoms with E-state index in [2.05, 4.69) is 37.8 Å². The van der Waals surface area contributed by atoms with E-state index in [0.29, 0.717) is 18.7 Å². The first-order valence-corrected chi connectivity index (χ1v) is 11.8. The molecule has 0 saturated heterocycles. The second kappa shape index (κ2) is 10.7. The molecule has 0 spiro atoms. The van der Waals surface area contributed by atoms with Crippen molar-refractivity contribution in [3.05, 3.63) is 53.1 Å². The SMILES string of the molecule is CCCCCOc1ccc(C(=O)N(CCN(C)C)c2nc3cc(C)c(C)cc3s2)cc1. The lowest BCUT2D eigenvalue weighted by Gasteiger charge is -2.22. The van der Waals surface area contributed by atoms with Crippen LogP contribution in [0.1, 0.15) is 47.7 Å². The largest absolute Gasteiger partial charge is 0.494 e. The summed E-state index contributed by atoms with van der Waals surface area (Å²) in [5, 5.41) is 0.742. The number of aromatic nitrogens is 1. The third-order valence-electron chi connectivity index (χ3n) is 5.36. The van der Waals surface area contributed by atoms with E-state index in [9.17, 15) is 4.79 Å². The number of carbonyl (C=O) groups excluding carboxylic acids is 1. The van der Waals surface area contributed by atoms with Crippen molar-refractivity contribution in [2.45, 2.75) is 40.0 Å². The number of carbonyl (C=O) groups is 1. The predicted octanol–water partition coefficient (Wildman–Crippen LogP) is 5.69. The lowest BCUT2D eigenvalue weighted by molar-refractivity contribution is 0.0985. The second-order valence-corrected chi connectivity index (χ2v) is 9.25. The minimum Gasteiger partial charge on any atom is -0.494 e. The molecular formula is C25H33N3O2S. The van der Waals surface area contributed by atoms with Gasteiger partial charge in [0.2, 0.25) is 0 Å². The maximum Gasteiger partial charge on any atom is 0.260 e. The van der Waals surface area contributed by atoms with Crippen molar-refractivity contribution in [1.29, 1.82) is 0 Å². The molecule has 1 amide bonds. The Labute approximate surface area is 189 Å². The Kier molecular flexibility index (Phi) is 8.04. The van der Waals surface area contributed by atoms with Crippen molar-refractivity contribution < 1.29 is 9.53 Å². The highest BCUT2D eigenvalue weighted by molar-refractivity contribution is 7.22. The summed E-state index contributed by atoms with van der Waals surface area (Å²) in [5.41, 5.74) is 4.04. The minimum atomic E-state index is -0.0353. The van der Waals surface area contributed by atoms with E-state index in [0.717, 1.165) is 34.1 Å². The number of anilines is 1. The smallest absolute Gasteiger partial charge is 0.260 e. The summed E-state index contributed by atoms with van der Waals surface area (Å²) in [5.74, 6) is 0.769. The number of hydrogen-bond acceptors (Lipinski definition) is 5. The van der Waals surface area contributed by atoms with Gasteiger partial charge in [-0.15, -0.1) is 0 Å². The molecule has 1 heterocycles. The molecule has 0 atom stereocenters. The Morgan fingerprint density at radius 1 is 1.03 bits per heavy atom. The number of aryl methyl sites for hydroxylation is 2. The maximum absolute atomic E-state index is 13.4. The summed E-state index contributed by atoms with van der Waals surface area (Å²) in [7, 11) is 4.02. The number of amides is 1. The van der Waals surface area contributed by atoms with Gasteiger partial charge in [0.25, 0.3) is 5.91 Å². The third kappa shape index (κ3) is 6.05. The minimum absolute atomic E-state index is 0.0353. The molecule has 0 fully saturated rings. The van der Waals surface area contributed by atoms with Crippen molar-refractivity contribution in [1.82, 2.24) is 9.88 Å². The molecule has 0 saturated carbocycles. The first-order chi connectivity index (χ1) is 14.9. The Hall–Kier alpha value is -2.44. The van der Waals surface area contributed by atoms with Crippen LogP contribution in [0.5, 0.6) is 5.75 Å². The number of fused-ring (bicyclic) bond motifs is 1. The molecule has 0 N–H and O–H groups in total. The normalized spacial score (nSPS) is 11.3. The van der Waals surface area contributed by atoms with Gasteiger partial charge >= 0.3 is 0 Å². The molecule has 31 heavy (non-hydrogen) atoms. The van der Waals surface area contributed by atoms with Gasteiger partial charge in [-0.05, 0) is 81.9 Å². The van der Waals surface area contributed by atoms with Crippen molar-refractivity contribution in [2.75, 3.05) is 38.7 Å². The van der Waals surface area contributed by atoms with E-state index >= 15 is 0 Å². The van der Waals surface area contributed by atoms with Crippen LogP contribution in [0.25, 0.3) is 10.2 Å². The van der Waals surface area contributed by atoms with Gasteiger partial charge in [-0.25, -0.2) is 4.98 Å². The second-order valence-electron chi connectivity index (χ2n) is 8.24. The number of rotatable bonds is 10. The fourth-order valence-electron chi connectivity index (χ4n) is 3.26. The van der Waals surface area contributed by atoms with Crippen molar-refractivity contribution >= 4 is 32.6 Å². The standard InChI is InChI=1S/C25H33N3O2S/c1-6-7-8-15-30-21-11-9-20(10-12-21)24(29)28(14-13-27(4)5)25-26-22-16-18(2)19(3)17-23(22)31-25/h9-12,16-17H,6-8,13-15H2,1-5H3. The number of nitrogens with zero attached hydrogens (tertiary/aromatic N) is 3. The summed E-state index contributed by atoms with van der Waals surface area (Å²) in [4.78, 5) is 22.1. The van der Waals surface area contributed by atoms with Crippen molar-refractivity contribution in [2.24, 2.45) is 0 Å². The quantitative estimate of drug-likeness (QED) is 0.381. The molecule has 2 aromatic carbocycles. The van der Waals surface area contributed by atoms with Crippen LogP contribution in [0.4, 0.5) is 5.13 Å². The summed E-state index contributed by atoms with van der Waals surface area (Å²) in [6.45, 7) is 8.43.